The third kappa shape index (κ3) is 3.92. The number of likely N-dealkylation sites (tertiary alicyclic amines) is 1. The fraction of sp³-hybridized carbons (Fsp3) is 0.696. The lowest BCUT2D eigenvalue weighted by molar-refractivity contribution is -0.135. The molecular formula is C23H35N5O2. The van der Waals surface area contributed by atoms with Gasteiger partial charge in [0.1, 0.15) is 0 Å². The largest absolute Gasteiger partial charge is 0.479 e. The first-order valence-corrected chi connectivity index (χ1v) is 11.3. The van der Waals surface area contributed by atoms with Crippen molar-refractivity contribution in [3.8, 4) is 5.88 Å². The minimum atomic E-state index is 0.310. The monoisotopic (exact) mass is 413 g/mol. The highest BCUT2D eigenvalue weighted by atomic mass is 16.5. The summed E-state index contributed by atoms with van der Waals surface area (Å²) in [6.45, 7) is 9.67. The van der Waals surface area contributed by atoms with E-state index in [-0.39, 0.29) is 0 Å². The number of amides is 1. The molecule has 0 N–H and O–H groups in total. The number of carbonyl (C=O) groups excluding carboxylic acids is 1. The molecule has 4 rings (SSSR count). The standard InChI is InChI=1S/C23H35N5O2/c1-6-27-13-11-18(12-14-27)28(17-7-8-17)20(29)10-9-19-15(2)21-22(24-16(19)3)26(4)25-23(21)30-5/h17-18H,6-14H2,1-5H3. The summed E-state index contributed by atoms with van der Waals surface area (Å²) in [5.41, 5.74) is 4.09. The SMILES string of the molecule is CCN1CCC(N(C(=O)CCc2c(C)nc3c(c(OC)nn3C)c2C)C2CC2)CC1. The Morgan fingerprint density at radius 3 is 2.43 bits per heavy atom. The lowest BCUT2D eigenvalue weighted by Gasteiger charge is -2.38. The number of hydrogen-bond acceptors (Lipinski definition) is 5. The van der Waals surface area contributed by atoms with Gasteiger partial charge in [-0.3, -0.25) is 4.79 Å². The van der Waals surface area contributed by atoms with Gasteiger partial charge in [0.15, 0.2) is 5.65 Å². The molecule has 2 aromatic heterocycles. The number of ether oxygens (including phenoxy) is 1. The Balaban J connectivity index is 1.51. The van der Waals surface area contributed by atoms with Gasteiger partial charge in [0.2, 0.25) is 11.8 Å². The van der Waals surface area contributed by atoms with Crippen LogP contribution in [0.15, 0.2) is 0 Å². The predicted molar refractivity (Wildman–Crippen MR) is 118 cm³/mol. The van der Waals surface area contributed by atoms with Crippen molar-refractivity contribution < 1.29 is 9.53 Å². The molecule has 1 aliphatic heterocycles. The first-order valence-electron chi connectivity index (χ1n) is 11.3. The van der Waals surface area contributed by atoms with Gasteiger partial charge in [-0.1, -0.05) is 6.92 Å². The summed E-state index contributed by atoms with van der Waals surface area (Å²) in [7, 11) is 3.53. The zero-order chi connectivity index (χ0) is 21.4. The number of aromatic nitrogens is 3. The van der Waals surface area contributed by atoms with Crippen molar-refractivity contribution in [1.82, 2.24) is 24.6 Å². The highest BCUT2D eigenvalue weighted by Crippen LogP contribution is 2.34. The number of aryl methyl sites for hydroxylation is 3. The van der Waals surface area contributed by atoms with Gasteiger partial charge in [-0.25, -0.2) is 9.67 Å². The zero-order valence-corrected chi connectivity index (χ0v) is 19.1. The first-order chi connectivity index (χ1) is 14.4. The molecule has 0 radical (unpaired) electrons. The van der Waals surface area contributed by atoms with E-state index in [4.69, 9.17) is 9.72 Å². The molecule has 30 heavy (non-hydrogen) atoms. The molecule has 7 heteroatoms. The predicted octanol–water partition coefficient (Wildman–Crippen LogP) is 3.00. The molecule has 0 unspecified atom stereocenters. The number of nitrogens with zero attached hydrogens (tertiary/aromatic N) is 5. The van der Waals surface area contributed by atoms with Crippen molar-refractivity contribution in [3.63, 3.8) is 0 Å². The van der Waals surface area contributed by atoms with E-state index in [0.717, 1.165) is 73.2 Å². The maximum Gasteiger partial charge on any atom is 0.242 e. The van der Waals surface area contributed by atoms with Gasteiger partial charge in [0, 0.05) is 44.3 Å². The molecule has 2 aromatic rings. The Kier molecular flexibility index (Phi) is 6.00. The summed E-state index contributed by atoms with van der Waals surface area (Å²) in [6, 6.07) is 0.880. The topological polar surface area (TPSA) is 63.5 Å². The summed E-state index contributed by atoms with van der Waals surface area (Å²) in [6.07, 6.45) is 5.80. The number of pyridine rings is 1. The fourth-order valence-corrected chi connectivity index (χ4v) is 5.04. The van der Waals surface area contributed by atoms with Crippen LogP contribution in [0.3, 0.4) is 0 Å². The average Bonchev–Trinajstić information content (AvgIpc) is 3.52. The first kappa shape index (κ1) is 21.1. The minimum absolute atomic E-state index is 0.310. The molecular weight excluding hydrogens is 378 g/mol. The van der Waals surface area contributed by atoms with Crippen LogP contribution < -0.4 is 4.74 Å². The highest BCUT2D eigenvalue weighted by Gasteiger charge is 2.38. The summed E-state index contributed by atoms with van der Waals surface area (Å²) >= 11 is 0. The molecule has 2 fully saturated rings. The van der Waals surface area contributed by atoms with E-state index >= 15 is 0 Å². The Morgan fingerprint density at radius 2 is 1.83 bits per heavy atom. The molecule has 164 valence electrons. The Morgan fingerprint density at radius 1 is 1.17 bits per heavy atom. The lowest BCUT2D eigenvalue weighted by Crippen LogP contribution is -2.48. The van der Waals surface area contributed by atoms with Crippen molar-refractivity contribution in [2.24, 2.45) is 7.05 Å². The summed E-state index contributed by atoms with van der Waals surface area (Å²) < 4.78 is 7.24. The number of carbonyl (C=O) groups is 1. The van der Waals surface area contributed by atoms with Crippen molar-refractivity contribution in [2.75, 3.05) is 26.7 Å². The van der Waals surface area contributed by atoms with Crippen molar-refractivity contribution in [1.29, 1.82) is 0 Å². The van der Waals surface area contributed by atoms with Gasteiger partial charge in [-0.15, -0.1) is 5.10 Å². The van der Waals surface area contributed by atoms with Crippen LogP contribution >= 0.6 is 0 Å². The summed E-state index contributed by atoms with van der Waals surface area (Å²) in [5, 5.41) is 5.39. The van der Waals surface area contributed by atoms with Crippen LogP contribution in [0.4, 0.5) is 0 Å². The van der Waals surface area contributed by atoms with Crippen LogP contribution in [0.5, 0.6) is 5.88 Å². The number of fused-ring (bicyclic) bond motifs is 1. The quantitative estimate of drug-likeness (QED) is 0.698. The van der Waals surface area contributed by atoms with E-state index in [1.165, 1.54) is 0 Å². The van der Waals surface area contributed by atoms with E-state index in [9.17, 15) is 4.79 Å². The van der Waals surface area contributed by atoms with Gasteiger partial charge in [0.05, 0.1) is 12.5 Å². The number of hydrogen-bond donors (Lipinski definition) is 0. The maximum atomic E-state index is 13.3. The van der Waals surface area contributed by atoms with Crippen LogP contribution in [0.1, 0.15) is 55.8 Å². The minimum Gasteiger partial charge on any atom is -0.479 e. The van der Waals surface area contributed by atoms with Crippen molar-refractivity contribution in [3.05, 3.63) is 16.8 Å². The molecule has 0 bridgehead atoms. The van der Waals surface area contributed by atoms with Crippen LogP contribution in [0, 0.1) is 13.8 Å². The molecule has 1 saturated heterocycles. The van der Waals surface area contributed by atoms with Crippen molar-refractivity contribution >= 4 is 16.9 Å². The average molecular weight is 414 g/mol. The number of methoxy groups -OCH3 is 1. The summed E-state index contributed by atoms with van der Waals surface area (Å²) in [5.74, 6) is 0.914. The Hall–Kier alpha value is -2.15. The number of piperidine rings is 1. The fourth-order valence-electron chi connectivity index (χ4n) is 5.04. The second-order valence-corrected chi connectivity index (χ2v) is 8.83. The van der Waals surface area contributed by atoms with Crippen LogP contribution in [0.2, 0.25) is 0 Å². The Bertz CT molecular complexity index is 926. The van der Waals surface area contributed by atoms with Crippen molar-refractivity contribution in [2.45, 2.75) is 71.4 Å². The van der Waals surface area contributed by atoms with E-state index in [1.54, 1.807) is 11.8 Å². The van der Waals surface area contributed by atoms with Crippen LogP contribution in [0.25, 0.3) is 11.0 Å². The third-order valence-corrected chi connectivity index (χ3v) is 6.93. The normalized spacial score (nSPS) is 18.2. The third-order valence-electron chi connectivity index (χ3n) is 6.93. The molecule has 1 amide bonds. The van der Waals surface area contributed by atoms with E-state index in [1.807, 2.05) is 14.0 Å². The molecule has 0 aromatic carbocycles. The Labute approximate surface area is 179 Å². The smallest absolute Gasteiger partial charge is 0.242 e. The van der Waals surface area contributed by atoms with Gasteiger partial charge in [-0.2, -0.15) is 0 Å². The maximum absolute atomic E-state index is 13.3. The second kappa shape index (κ2) is 8.53. The van der Waals surface area contributed by atoms with Crippen LogP contribution in [-0.4, -0.2) is 69.3 Å². The zero-order valence-electron chi connectivity index (χ0n) is 19.1. The second-order valence-electron chi connectivity index (χ2n) is 8.83. The van der Waals surface area contributed by atoms with Crippen LogP contribution in [-0.2, 0) is 18.3 Å². The molecule has 0 spiro atoms. The van der Waals surface area contributed by atoms with Gasteiger partial charge < -0.3 is 14.5 Å². The van der Waals surface area contributed by atoms with E-state index in [2.05, 4.69) is 28.7 Å². The van der Waals surface area contributed by atoms with Gasteiger partial charge in [0.25, 0.3) is 0 Å². The van der Waals surface area contributed by atoms with Gasteiger partial charge >= 0.3 is 0 Å². The molecule has 2 aliphatic rings. The molecule has 1 aliphatic carbocycles. The summed E-state index contributed by atoms with van der Waals surface area (Å²) in [4.78, 5) is 22.8. The molecule has 7 nitrogen and oxygen atoms in total. The number of rotatable bonds is 7. The molecule has 0 atom stereocenters. The van der Waals surface area contributed by atoms with E-state index < -0.39 is 0 Å². The highest BCUT2D eigenvalue weighted by molar-refractivity contribution is 5.86. The molecule has 3 heterocycles. The van der Waals surface area contributed by atoms with Gasteiger partial charge in [-0.05, 0) is 63.6 Å². The van der Waals surface area contributed by atoms with E-state index in [0.29, 0.717) is 36.7 Å². The molecule has 1 saturated carbocycles. The lowest BCUT2D eigenvalue weighted by atomic mass is 9.98.